The first-order chi connectivity index (χ1) is 6.31. The van der Waals surface area contributed by atoms with Crippen molar-refractivity contribution in [2.75, 3.05) is 0 Å². The van der Waals surface area contributed by atoms with Crippen LogP contribution in [0.5, 0.6) is 0 Å². The third-order valence-corrected chi connectivity index (χ3v) is 3.13. The molecule has 0 aliphatic heterocycles. The molecule has 1 aromatic rings. The van der Waals surface area contributed by atoms with E-state index in [4.69, 9.17) is 5.73 Å². The summed E-state index contributed by atoms with van der Waals surface area (Å²) < 4.78 is 0. The molecule has 0 saturated carbocycles. The van der Waals surface area contributed by atoms with Gasteiger partial charge in [-0.05, 0) is 29.9 Å². The van der Waals surface area contributed by atoms with Gasteiger partial charge in [0.15, 0.2) is 0 Å². The molecule has 2 N–H and O–H groups in total. The van der Waals surface area contributed by atoms with Gasteiger partial charge < -0.3 is 5.73 Å². The van der Waals surface area contributed by atoms with Crippen molar-refractivity contribution in [3.8, 4) is 0 Å². The van der Waals surface area contributed by atoms with Crippen LogP contribution in [0.15, 0.2) is 24.3 Å². The van der Waals surface area contributed by atoms with E-state index in [1.165, 1.54) is 24.0 Å². The summed E-state index contributed by atoms with van der Waals surface area (Å²) in [5, 5.41) is 0. The van der Waals surface area contributed by atoms with Gasteiger partial charge in [-0.15, -0.1) is 0 Å². The maximum atomic E-state index is 6.11. The maximum Gasteiger partial charge on any atom is 0.0300 e. The van der Waals surface area contributed by atoms with Crippen molar-refractivity contribution in [1.29, 1.82) is 0 Å². The smallest absolute Gasteiger partial charge is 0.0300 e. The van der Waals surface area contributed by atoms with Crippen molar-refractivity contribution < 1.29 is 0 Å². The Labute approximate surface area is 80.0 Å². The number of hydrogen-bond donors (Lipinski definition) is 1. The van der Waals surface area contributed by atoms with Crippen LogP contribution in [0.25, 0.3) is 0 Å². The van der Waals surface area contributed by atoms with E-state index in [1.54, 1.807) is 0 Å². The van der Waals surface area contributed by atoms with E-state index in [1.807, 2.05) is 0 Å². The van der Waals surface area contributed by atoms with E-state index in [0.717, 1.165) is 12.3 Å². The van der Waals surface area contributed by atoms with Gasteiger partial charge in [0.05, 0.1) is 0 Å². The number of nitrogens with two attached hydrogens (primary N) is 1. The molecule has 1 aliphatic carbocycles. The van der Waals surface area contributed by atoms with Gasteiger partial charge in [0.1, 0.15) is 0 Å². The lowest BCUT2D eigenvalue weighted by Crippen LogP contribution is -2.23. The molecule has 1 aliphatic rings. The van der Waals surface area contributed by atoms with Gasteiger partial charge in [-0.25, -0.2) is 0 Å². The van der Waals surface area contributed by atoms with Crippen molar-refractivity contribution in [1.82, 2.24) is 0 Å². The third kappa shape index (κ3) is 1.61. The minimum absolute atomic E-state index is 0.273. The fourth-order valence-corrected chi connectivity index (χ4v) is 2.27. The summed E-state index contributed by atoms with van der Waals surface area (Å²) in [6.07, 6.45) is 3.63. The molecule has 70 valence electrons. The Morgan fingerprint density at radius 1 is 1.38 bits per heavy atom. The predicted octanol–water partition coefficient (Wildman–Crippen LogP) is 2.66. The van der Waals surface area contributed by atoms with Crippen LogP contribution < -0.4 is 5.73 Å². The quantitative estimate of drug-likeness (QED) is 0.697. The van der Waals surface area contributed by atoms with Gasteiger partial charge in [0, 0.05) is 6.04 Å². The first-order valence-electron chi connectivity index (χ1n) is 5.14. The molecule has 0 amide bonds. The molecule has 1 aromatic carbocycles. The predicted molar refractivity (Wildman–Crippen MR) is 55.5 cm³/mol. The normalized spacial score (nSPS) is 26.9. The van der Waals surface area contributed by atoms with Gasteiger partial charge in [-0.2, -0.15) is 0 Å². The molecule has 13 heavy (non-hydrogen) atoms. The maximum absolute atomic E-state index is 6.11. The first-order valence-corrected chi connectivity index (χ1v) is 5.14. The molecule has 0 unspecified atom stereocenters. The molecule has 0 bridgehead atoms. The summed E-state index contributed by atoms with van der Waals surface area (Å²) >= 11 is 0. The van der Waals surface area contributed by atoms with Gasteiger partial charge >= 0.3 is 0 Å². The second-order valence-corrected chi connectivity index (χ2v) is 4.02. The second kappa shape index (κ2) is 3.51. The van der Waals surface area contributed by atoms with Gasteiger partial charge in [-0.1, -0.05) is 37.6 Å². The zero-order valence-corrected chi connectivity index (χ0v) is 8.16. The Bertz CT molecular complexity index is 293. The van der Waals surface area contributed by atoms with Crippen molar-refractivity contribution >= 4 is 0 Å². The lowest BCUT2D eigenvalue weighted by atomic mass is 9.80. The van der Waals surface area contributed by atoms with Crippen molar-refractivity contribution in [2.24, 2.45) is 11.7 Å². The van der Waals surface area contributed by atoms with Crippen LogP contribution in [0.2, 0.25) is 0 Å². The van der Waals surface area contributed by atoms with Crippen LogP contribution >= 0.6 is 0 Å². The summed E-state index contributed by atoms with van der Waals surface area (Å²) in [5.74, 6) is 0.796. The highest BCUT2D eigenvalue weighted by molar-refractivity contribution is 5.32. The average molecular weight is 175 g/mol. The summed E-state index contributed by atoms with van der Waals surface area (Å²) in [6.45, 7) is 2.26. The molecule has 0 aromatic heterocycles. The fourth-order valence-electron chi connectivity index (χ4n) is 2.27. The number of fused-ring (bicyclic) bond motifs is 1. The summed E-state index contributed by atoms with van der Waals surface area (Å²) in [7, 11) is 0. The van der Waals surface area contributed by atoms with Gasteiger partial charge in [0.2, 0.25) is 0 Å². The average Bonchev–Trinajstić information content (AvgIpc) is 2.18. The van der Waals surface area contributed by atoms with E-state index in [2.05, 4.69) is 31.2 Å². The molecule has 0 saturated heterocycles. The molecular weight excluding hydrogens is 158 g/mol. The molecule has 0 radical (unpaired) electrons. The van der Waals surface area contributed by atoms with Crippen LogP contribution in [0.1, 0.15) is 36.9 Å². The molecule has 0 heterocycles. The molecule has 2 rings (SSSR count). The van der Waals surface area contributed by atoms with Gasteiger partial charge in [0.25, 0.3) is 0 Å². The largest absolute Gasteiger partial charge is 0.324 e. The molecule has 0 spiro atoms. The van der Waals surface area contributed by atoms with Crippen molar-refractivity contribution in [2.45, 2.75) is 32.2 Å². The van der Waals surface area contributed by atoms with E-state index >= 15 is 0 Å². The Hall–Kier alpha value is -0.820. The first kappa shape index (κ1) is 8.76. The molecule has 1 nitrogen and oxygen atoms in total. The SMILES string of the molecule is CC[C@@H]1Cc2ccccc2[C@H](N)C1. The molecule has 1 heteroatoms. The standard InChI is InChI=1S/C12H17N/c1-2-9-7-10-5-3-4-6-11(10)12(13)8-9/h3-6,9,12H,2,7-8,13H2,1H3/t9-,12-/m1/s1. The molecule has 0 fully saturated rings. The zero-order valence-electron chi connectivity index (χ0n) is 8.16. The summed E-state index contributed by atoms with van der Waals surface area (Å²) in [6, 6.07) is 8.87. The lowest BCUT2D eigenvalue weighted by Gasteiger charge is -2.28. The van der Waals surface area contributed by atoms with Crippen LogP contribution in [-0.2, 0) is 6.42 Å². The Kier molecular flexibility index (Phi) is 2.36. The number of hydrogen-bond acceptors (Lipinski definition) is 1. The minimum Gasteiger partial charge on any atom is -0.324 e. The zero-order chi connectivity index (χ0) is 9.26. The summed E-state index contributed by atoms with van der Waals surface area (Å²) in [5.41, 5.74) is 8.95. The van der Waals surface area contributed by atoms with E-state index in [0.29, 0.717) is 0 Å². The third-order valence-electron chi connectivity index (χ3n) is 3.13. The number of benzene rings is 1. The molecule has 2 atom stereocenters. The fraction of sp³-hybridized carbons (Fsp3) is 0.500. The van der Waals surface area contributed by atoms with E-state index < -0.39 is 0 Å². The monoisotopic (exact) mass is 175 g/mol. The van der Waals surface area contributed by atoms with E-state index in [-0.39, 0.29) is 6.04 Å². The van der Waals surface area contributed by atoms with Crippen LogP contribution in [0.3, 0.4) is 0 Å². The van der Waals surface area contributed by atoms with Crippen LogP contribution in [0.4, 0.5) is 0 Å². The van der Waals surface area contributed by atoms with Crippen LogP contribution in [-0.4, -0.2) is 0 Å². The highest BCUT2D eigenvalue weighted by atomic mass is 14.6. The Balaban J connectivity index is 2.31. The number of rotatable bonds is 1. The van der Waals surface area contributed by atoms with Crippen LogP contribution in [0, 0.1) is 5.92 Å². The highest BCUT2D eigenvalue weighted by Gasteiger charge is 2.22. The Morgan fingerprint density at radius 2 is 2.15 bits per heavy atom. The van der Waals surface area contributed by atoms with Crippen molar-refractivity contribution in [3.63, 3.8) is 0 Å². The minimum atomic E-state index is 0.273. The molecular formula is C12H17N. The summed E-state index contributed by atoms with van der Waals surface area (Å²) in [4.78, 5) is 0. The van der Waals surface area contributed by atoms with E-state index in [9.17, 15) is 0 Å². The van der Waals surface area contributed by atoms with Gasteiger partial charge in [-0.3, -0.25) is 0 Å². The topological polar surface area (TPSA) is 26.0 Å². The lowest BCUT2D eigenvalue weighted by molar-refractivity contribution is 0.397. The Morgan fingerprint density at radius 3 is 2.92 bits per heavy atom. The highest BCUT2D eigenvalue weighted by Crippen LogP contribution is 2.32. The second-order valence-electron chi connectivity index (χ2n) is 4.02. The van der Waals surface area contributed by atoms with Crippen molar-refractivity contribution in [3.05, 3.63) is 35.4 Å².